The molecule has 2 N–H and O–H groups in total. The third-order valence-electron chi connectivity index (χ3n) is 6.16. The zero-order chi connectivity index (χ0) is 18.6. The predicted octanol–water partition coefficient (Wildman–Crippen LogP) is 1.65. The third kappa shape index (κ3) is 2.33. The van der Waals surface area contributed by atoms with Crippen LogP contribution < -0.4 is 10.0 Å². The first-order valence-corrected chi connectivity index (χ1v) is 10.6. The lowest BCUT2D eigenvalue weighted by atomic mass is 9.64. The molecule has 5 rings (SSSR count). The Morgan fingerprint density at radius 1 is 1.19 bits per heavy atom. The van der Waals surface area contributed by atoms with Crippen LogP contribution in [-0.4, -0.2) is 36.9 Å². The summed E-state index contributed by atoms with van der Waals surface area (Å²) in [4.78, 5) is 19.6. The van der Waals surface area contributed by atoms with Crippen LogP contribution in [0.4, 0.5) is 5.69 Å². The molecule has 27 heavy (non-hydrogen) atoms. The van der Waals surface area contributed by atoms with Gasteiger partial charge >= 0.3 is 0 Å². The molecular formula is C19H20N4O3S. The molecule has 1 unspecified atom stereocenters. The molecule has 2 aromatic rings. The maximum absolute atomic E-state index is 13.4. The highest BCUT2D eigenvalue weighted by Crippen LogP contribution is 2.56. The average molecular weight is 384 g/mol. The van der Waals surface area contributed by atoms with Gasteiger partial charge in [0, 0.05) is 18.9 Å². The van der Waals surface area contributed by atoms with Gasteiger partial charge in [-0.05, 0) is 48.9 Å². The molecule has 1 saturated heterocycles. The second kappa shape index (κ2) is 5.77. The van der Waals surface area contributed by atoms with Crippen molar-refractivity contribution < 1.29 is 13.2 Å². The lowest BCUT2D eigenvalue weighted by Crippen LogP contribution is -2.61. The van der Waals surface area contributed by atoms with E-state index >= 15 is 0 Å². The van der Waals surface area contributed by atoms with Crippen molar-refractivity contribution in [1.29, 1.82) is 0 Å². The van der Waals surface area contributed by atoms with E-state index in [1.165, 1.54) is 6.07 Å². The van der Waals surface area contributed by atoms with Gasteiger partial charge in [-0.3, -0.25) is 9.78 Å². The standard InChI is InChI=1S/C19H20N4O3S/c24-18(17-21-15-5-1-2-6-16(15)27(25,26)22-17)23-11-8-13-7-9-19(13,23)14-4-3-10-20-12-14/h1-6,10,12-13,17,21-22H,7-9,11H2/t13-,17?,19-/m0/s1. The van der Waals surface area contributed by atoms with Crippen LogP contribution in [0, 0.1) is 5.92 Å². The molecule has 1 amide bonds. The van der Waals surface area contributed by atoms with Crippen molar-refractivity contribution in [3.63, 3.8) is 0 Å². The maximum Gasteiger partial charge on any atom is 0.261 e. The van der Waals surface area contributed by atoms with Gasteiger partial charge < -0.3 is 10.2 Å². The smallest absolute Gasteiger partial charge is 0.261 e. The number of fused-ring (bicyclic) bond motifs is 2. The van der Waals surface area contributed by atoms with Gasteiger partial charge in [-0.2, -0.15) is 4.72 Å². The molecular weight excluding hydrogens is 364 g/mol. The molecule has 3 aliphatic rings. The quantitative estimate of drug-likeness (QED) is 0.822. The van der Waals surface area contributed by atoms with Gasteiger partial charge in [-0.1, -0.05) is 18.2 Å². The zero-order valence-corrected chi connectivity index (χ0v) is 15.4. The zero-order valence-electron chi connectivity index (χ0n) is 14.6. The van der Waals surface area contributed by atoms with Crippen molar-refractivity contribution >= 4 is 21.6 Å². The number of rotatable bonds is 2. The molecule has 3 heterocycles. The minimum absolute atomic E-state index is 0.166. The number of likely N-dealkylation sites (tertiary alicyclic amines) is 1. The van der Waals surface area contributed by atoms with E-state index in [1.54, 1.807) is 24.4 Å². The summed E-state index contributed by atoms with van der Waals surface area (Å²) in [5, 5.41) is 3.06. The number of carbonyl (C=O) groups excluding carboxylic acids is 1. The number of hydrogen-bond donors (Lipinski definition) is 2. The Bertz CT molecular complexity index is 1010. The van der Waals surface area contributed by atoms with E-state index in [0.29, 0.717) is 18.2 Å². The number of amides is 1. The summed E-state index contributed by atoms with van der Waals surface area (Å²) in [5.74, 6) is 0.164. The van der Waals surface area contributed by atoms with E-state index in [0.717, 1.165) is 24.8 Å². The average Bonchev–Trinajstić information content (AvgIpc) is 2.92. The number of nitrogens with zero attached hydrogens (tertiary/aromatic N) is 2. The normalized spacial score (nSPS) is 30.6. The predicted molar refractivity (Wildman–Crippen MR) is 99.1 cm³/mol. The fraction of sp³-hybridized carbons (Fsp3) is 0.368. The molecule has 2 aliphatic heterocycles. The van der Waals surface area contributed by atoms with E-state index in [1.807, 2.05) is 23.2 Å². The Labute approximate surface area is 157 Å². The van der Waals surface area contributed by atoms with Crippen LogP contribution in [0.5, 0.6) is 0 Å². The van der Waals surface area contributed by atoms with E-state index < -0.39 is 16.2 Å². The number of anilines is 1. The summed E-state index contributed by atoms with van der Waals surface area (Å²) >= 11 is 0. The summed E-state index contributed by atoms with van der Waals surface area (Å²) in [7, 11) is -3.74. The largest absolute Gasteiger partial charge is 0.360 e. The second-order valence-electron chi connectivity index (χ2n) is 7.37. The van der Waals surface area contributed by atoms with Crippen molar-refractivity contribution in [2.75, 3.05) is 11.9 Å². The van der Waals surface area contributed by atoms with Gasteiger partial charge in [-0.25, -0.2) is 8.42 Å². The van der Waals surface area contributed by atoms with Gasteiger partial charge in [0.05, 0.1) is 11.2 Å². The fourth-order valence-electron chi connectivity index (χ4n) is 4.80. The number of nitrogens with one attached hydrogen (secondary N) is 2. The maximum atomic E-state index is 13.4. The number of hydrogen-bond acceptors (Lipinski definition) is 5. The molecule has 0 bridgehead atoms. The summed E-state index contributed by atoms with van der Waals surface area (Å²) < 4.78 is 27.7. The number of carbonyl (C=O) groups is 1. The molecule has 2 fully saturated rings. The lowest BCUT2D eigenvalue weighted by molar-refractivity contribution is -0.141. The number of sulfonamides is 1. The lowest BCUT2D eigenvalue weighted by Gasteiger charge is -2.51. The van der Waals surface area contributed by atoms with Crippen molar-refractivity contribution in [3.05, 3.63) is 54.4 Å². The topological polar surface area (TPSA) is 91.4 Å². The highest BCUT2D eigenvalue weighted by atomic mass is 32.2. The van der Waals surface area contributed by atoms with Crippen LogP contribution in [0.2, 0.25) is 0 Å². The van der Waals surface area contributed by atoms with Crippen LogP contribution in [-0.2, 0) is 20.4 Å². The minimum Gasteiger partial charge on any atom is -0.360 e. The Morgan fingerprint density at radius 3 is 2.78 bits per heavy atom. The Kier molecular flexibility index (Phi) is 3.57. The molecule has 1 aliphatic carbocycles. The van der Waals surface area contributed by atoms with Gasteiger partial charge in [0.1, 0.15) is 4.90 Å². The van der Waals surface area contributed by atoms with Crippen molar-refractivity contribution in [3.8, 4) is 0 Å². The van der Waals surface area contributed by atoms with Crippen LogP contribution in [0.1, 0.15) is 24.8 Å². The molecule has 1 saturated carbocycles. The molecule has 1 aromatic carbocycles. The second-order valence-corrected chi connectivity index (χ2v) is 9.06. The Balaban J connectivity index is 1.50. The van der Waals surface area contributed by atoms with E-state index in [2.05, 4.69) is 15.0 Å². The van der Waals surface area contributed by atoms with Crippen LogP contribution >= 0.6 is 0 Å². The van der Waals surface area contributed by atoms with E-state index in [9.17, 15) is 13.2 Å². The summed E-state index contributed by atoms with van der Waals surface area (Å²) in [6.07, 6.45) is 5.43. The molecule has 140 valence electrons. The van der Waals surface area contributed by atoms with E-state index in [4.69, 9.17) is 0 Å². The molecule has 0 spiro atoms. The highest BCUT2D eigenvalue weighted by molar-refractivity contribution is 7.89. The molecule has 7 nitrogen and oxygen atoms in total. The number of benzene rings is 1. The van der Waals surface area contributed by atoms with Crippen LogP contribution in [0.25, 0.3) is 0 Å². The van der Waals surface area contributed by atoms with Crippen molar-refractivity contribution in [2.45, 2.75) is 35.9 Å². The first-order chi connectivity index (χ1) is 13.0. The number of aromatic nitrogens is 1. The summed E-state index contributed by atoms with van der Waals surface area (Å²) in [6, 6.07) is 10.5. The highest BCUT2D eigenvalue weighted by Gasteiger charge is 2.58. The van der Waals surface area contributed by atoms with Crippen LogP contribution in [0.3, 0.4) is 0 Å². The summed E-state index contributed by atoms with van der Waals surface area (Å²) in [5.41, 5.74) is 1.12. The van der Waals surface area contributed by atoms with Gasteiger partial charge in [0.25, 0.3) is 5.91 Å². The monoisotopic (exact) mass is 384 g/mol. The Morgan fingerprint density at radius 2 is 2.04 bits per heavy atom. The van der Waals surface area contributed by atoms with Crippen LogP contribution in [0.15, 0.2) is 53.7 Å². The van der Waals surface area contributed by atoms with Gasteiger partial charge in [-0.15, -0.1) is 0 Å². The molecule has 3 atom stereocenters. The first-order valence-electron chi connectivity index (χ1n) is 9.12. The molecule has 0 radical (unpaired) electrons. The number of para-hydroxylation sites is 1. The summed E-state index contributed by atoms with van der Waals surface area (Å²) in [6.45, 7) is 0.625. The Hall–Kier alpha value is -2.45. The van der Waals surface area contributed by atoms with Gasteiger partial charge in [0.2, 0.25) is 10.0 Å². The molecule has 8 heteroatoms. The fourth-order valence-corrected chi connectivity index (χ4v) is 6.07. The van der Waals surface area contributed by atoms with Crippen molar-refractivity contribution in [1.82, 2.24) is 14.6 Å². The van der Waals surface area contributed by atoms with Gasteiger partial charge in [0.15, 0.2) is 6.17 Å². The van der Waals surface area contributed by atoms with Crippen molar-refractivity contribution in [2.24, 2.45) is 5.92 Å². The van der Waals surface area contributed by atoms with E-state index in [-0.39, 0.29) is 16.3 Å². The molecule has 1 aromatic heterocycles. The third-order valence-corrected chi connectivity index (χ3v) is 7.64. The number of pyridine rings is 1. The first kappa shape index (κ1) is 16.7. The SMILES string of the molecule is O=C(C1Nc2ccccc2S(=O)(=O)N1)N1CC[C@@H]2CC[C@@]21c1cccnc1. The minimum atomic E-state index is -3.74.